The molecule has 1 amide bonds. The van der Waals surface area contributed by atoms with Crippen molar-refractivity contribution < 1.29 is 4.79 Å². The first-order chi connectivity index (χ1) is 13.6. The van der Waals surface area contributed by atoms with Gasteiger partial charge in [0, 0.05) is 35.4 Å². The topological polar surface area (TPSA) is 45.2 Å². The lowest BCUT2D eigenvalue weighted by atomic mass is 10.1. The molecule has 152 valence electrons. The molecule has 6 heteroatoms. The van der Waals surface area contributed by atoms with Crippen LogP contribution in [0, 0.1) is 6.92 Å². The number of nitrogens with one attached hydrogen (secondary N) is 1. The van der Waals surface area contributed by atoms with Crippen LogP contribution in [0.3, 0.4) is 0 Å². The number of hydrogen-bond acceptors (Lipinski definition) is 4. The van der Waals surface area contributed by atoms with E-state index in [0.29, 0.717) is 6.54 Å². The van der Waals surface area contributed by atoms with Gasteiger partial charge < -0.3 is 10.2 Å². The zero-order chi connectivity index (χ0) is 19.5. The summed E-state index contributed by atoms with van der Waals surface area (Å²) in [5, 5.41) is 4.65. The molecule has 0 fully saturated rings. The van der Waals surface area contributed by atoms with Gasteiger partial charge >= 0.3 is 0 Å². The number of nitrogens with zero attached hydrogens (tertiary/aromatic N) is 2. The fourth-order valence-corrected chi connectivity index (χ4v) is 4.85. The van der Waals surface area contributed by atoms with Crippen LogP contribution >= 0.6 is 23.7 Å². The second kappa shape index (κ2) is 9.42. The minimum Gasteiger partial charge on any atom is -0.370 e. The van der Waals surface area contributed by atoms with Crippen LogP contribution in [0.2, 0.25) is 0 Å². The third-order valence-corrected chi connectivity index (χ3v) is 6.53. The Morgan fingerprint density at radius 2 is 2.14 bits per heavy atom. The Bertz CT molecular complexity index is 1040. The summed E-state index contributed by atoms with van der Waals surface area (Å²) in [5.41, 5.74) is 3.48. The van der Waals surface area contributed by atoms with E-state index in [0.717, 1.165) is 24.3 Å². The average Bonchev–Trinajstić information content (AvgIpc) is 2.88. The highest BCUT2D eigenvalue weighted by atomic mass is 35.5. The molecule has 1 aromatic carbocycles. The smallest absolute Gasteiger partial charge is 0.246 e. The van der Waals surface area contributed by atoms with Crippen molar-refractivity contribution in [2.75, 3.05) is 18.9 Å². The number of amides is 1. The Kier molecular flexibility index (Phi) is 6.93. The Balaban J connectivity index is 0.00000240. The van der Waals surface area contributed by atoms with Gasteiger partial charge in [-0.15, -0.1) is 23.7 Å². The van der Waals surface area contributed by atoms with Crippen LogP contribution < -0.4 is 5.32 Å². The average molecular weight is 428 g/mol. The summed E-state index contributed by atoms with van der Waals surface area (Å²) in [7, 11) is 1.86. The maximum atomic E-state index is 12.6. The Labute approximate surface area is 182 Å². The first-order valence-corrected chi connectivity index (χ1v) is 10.6. The van der Waals surface area contributed by atoms with Gasteiger partial charge in [0.15, 0.2) is 0 Å². The monoisotopic (exact) mass is 427 g/mol. The van der Waals surface area contributed by atoms with Gasteiger partial charge in [-0.25, -0.2) is 4.98 Å². The van der Waals surface area contributed by atoms with Crippen molar-refractivity contribution in [3.05, 3.63) is 64.2 Å². The van der Waals surface area contributed by atoms with Crippen LogP contribution in [0.4, 0.5) is 5.82 Å². The molecular weight excluding hydrogens is 402 g/mol. The molecule has 3 aromatic rings. The van der Waals surface area contributed by atoms with Crippen LogP contribution in [-0.2, 0) is 17.8 Å². The summed E-state index contributed by atoms with van der Waals surface area (Å²) in [6, 6.07) is 10.5. The van der Waals surface area contributed by atoms with Crippen LogP contribution in [-0.4, -0.2) is 29.4 Å². The minimum atomic E-state index is 0. The molecule has 4 nitrogen and oxygen atoms in total. The molecular formula is C23H26ClN3OS. The highest BCUT2D eigenvalue weighted by Gasteiger charge is 2.13. The van der Waals surface area contributed by atoms with Gasteiger partial charge in [0.25, 0.3) is 0 Å². The molecule has 0 aliphatic carbocycles. The first-order valence-electron chi connectivity index (χ1n) is 9.75. The number of hydrogen-bond donors (Lipinski definition) is 1. The van der Waals surface area contributed by atoms with Crippen molar-refractivity contribution in [3.63, 3.8) is 0 Å². The molecule has 29 heavy (non-hydrogen) atoms. The van der Waals surface area contributed by atoms with E-state index in [2.05, 4.69) is 47.6 Å². The molecule has 0 bridgehead atoms. The van der Waals surface area contributed by atoms with Crippen LogP contribution in [0.1, 0.15) is 34.4 Å². The normalized spacial score (nSPS) is 13.4. The molecule has 0 saturated carbocycles. The Hall–Kier alpha value is -2.37. The van der Waals surface area contributed by atoms with Crippen molar-refractivity contribution in [2.45, 2.75) is 32.7 Å². The van der Waals surface area contributed by atoms with Gasteiger partial charge in [0.1, 0.15) is 5.82 Å². The third-order valence-electron chi connectivity index (χ3n) is 5.27. The molecule has 1 aliphatic rings. The van der Waals surface area contributed by atoms with Crippen molar-refractivity contribution in [2.24, 2.45) is 0 Å². The molecule has 0 radical (unpaired) electrons. The van der Waals surface area contributed by atoms with Crippen LogP contribution in [0.25, 0.3) is 16.2 Å². The van der Waals surface area contributed by atoms with Gasteiger partial charge in [0.05, 0.1) is 6.54 Å². The molecule has 0 atom stereocenters. The van der Waals surface area contributed by atoms with Crippen LogP contribution in [0.15, 0.2) is 42.6 Å². The Morgan fingerprint density at radius 3 is 2.97 bits per heavy atom. The standard InChI is InChI=1S/C23H25N3OS.ClH/c1-16-19-8-3-4-9-20(19)28-21(16)15-26(2)22(27)11-10-17-13-18-7-5-6-12-24-23(18)25-14-17;/h3-4,8-11,13-14H,5-7,12,15H2,1-2H3,(H,24,25);1H. The summed E-state index contributed by atoms with van der Waals surface area (Å²) < 4.78 is 1.27. The van der Waals surface area contributed by atoms with E-state index in [1.165, 1.54) is 38.9 Å². The van der Waals surface area contributed by atoms with E-state index in [1.54, 1.807) is 22.3 Å². The zero-order valence-electron chi connectivity index (χ0n) is 16.8. The van der Waals surface area contributed by atoms with Gasteiger partial charge in [-0.3, -0.25) is 4.79 Å². The third kappa shape index (κ3) is 4.80. The molecule has 0 saturated heterocycles. The molecule has 4 rings (SSSR count). The quantitative estimate of drug-likeness (QED) is 0.563. The van der Waals surface area contributed by atoms with Gasteiger partial charge in [-0.2, -0.15) is 0 Å². The number of rotatable bonds is 4. The maximum Gasteiger partial charge on any atom is 0.246 e. The van der Waals surface area contributed by atoms with Crippen molar-refractivity contribution in [1.82, 2.24) is 9.88 Å². The highest BCUT2D eigenvalue weighted by Crippen LogP contribution is 2.31. The lowest BCUT2D eigenvalue weighted by Crippen LogP contribution is -2.23. The number of benzene rings is 1. The van der Waals surface area contributed by atoms with Crippen molar-refractivity contribution in [1.29, 1.82) is 0 Å². The lowest BCUT2D eigenvalue weighted by molar-refractivity contribution is -0.125. The van der Waals surface area contributed by atoms with Gasteiger partial charge in [0.2, 0.25) is 5.91 Å². The largest absolute Gasteiger partial charge is 0.370 e. The number of carbonyl (C=O) groups excluding carboxylic acids is 1. The summed E-state index contributed by atoms with van der Waals surface area (Å²) >= 11 is 1.77. The van der Waals surface area contributed by atoms with Gasteiger partial charge in [-0.1, -0.05) is 18.2 Å². The van der Waals surface area contributed by atoms with E-state index in [1.807, 2.05) is 19.3 Å². The number of anilines is 1. The number of fused-ring (bicyclic) bond motifs is 2. The SMILES string of the molecule is Cc1c(CN(C)C(=O)C=Cc2cnc3c(c2)CCCCN3)sc2ccccc12.Cl. The summed E-state index contributed by atoms with van der Waals surface area (Å²) in [6.45, 7) is 3.74. The van der Waals surface area contributed by atoms with Crippen molar-refractivity contribution in [3.8, 4) is 0 Å². The van der Waals surface area contributed by atoms with Crippen LogP contribution in [0.5, 0.6) is 0 Å². The number of thiophene rings is 1. The molecule has 3 heterocycles. The highest BCUT2D eigenvalue weighted by molar-refractivity contribution is 7.19. The predicted molar refractivity (Wildman–Crippen MR) is 125 cm³/mol. The fourth-order valence-electron chi connectivity index (χ4n) is 3.58. The number of aromatic nitrogens is 1. The second-order valence-corrected chi connectivity index (χ2v) is 8.47. The molecule has 0 unspecified atom stereocenters. The van der Waals surface area contributed by atoms with E-state index in [-0.39, 0.29) is 18.3 Å². The second-order valence-electron chi connectivity index (χ2n) is 7.33. The van der Waals surface area contributed by atoms with E-state index in [4.69, 9.17) is 0 Å². The predicted octanol–water partition coefficient (Wildman–Crippen LogP) is 5.45. The number of likely N-dealkylation sites (N-methyl/N-ethyl adjacent to an activating group) is 1. The number of pyridine rings is 1. The molecule has 1 aliphatic heterocycles. The number of aryl methyl sites for hydroxylation is 2. The maximum absolute atomic E-state index is 12.6. The van der Waals surface area contributed by atoms with E-state index < -0.39 is 0 Å². The molecule has 0 spiro atoms. The summed E-state index contributed by atoms with van der Waals surface area (Å²) in [5.74, 6) is 0.989. The first kappa shape index (κ1) is 21.3. The number of halogens is 1. The number of carbonyl (C=O) groups is 1. The van der Waals surface area contributed by atoms with Gasteiger partial charge in [-0.05, 0) is 66.5 Å². The summed E-state index contributed by atoms with van der Waals surface area (Å²) in [6.07, 6.45) is 8.73. The lowest BCUT2D eigenvalue weighted by Gasteiger charge is -2.14. The summed E-state index contributed by atoms with van der Waals surface area (Å²) in [4.78, 5) is 20.1. The molecule has 2 aromatic heterocycles. The Morgan fingerprint density at radius 1 is 1.31 bits per heavy atom. The fraction of sp³-hybridized carbons (Fsp3) is 0.304. The van der Waals surface area contributed by atoms with E-state index >= 15 is 0 Å². The minimum absolute atomic E-state index is 0. The van der Waals surface area contributed by atoms with E-state index in [9.17, 15) is 4.79 Å². The zero-order valence-corrected chi connectivity index (χ0v) is 18.4. The molecule has 1 N–H and O–H groups in total. The van der Waals surface area contributed by atoms with Crippen molar-refractivity contribution >= 4 is 51.6 Å².